The fourth-order valence-corrected chi connectivity index (χ4v) is 1.63. The second kappa shape index (κ2) is 6.19. The maximum atomic E-state index is 11.5. The summed E-state index contributed by atoms with van der Waals surface area (Å²) in [6, 6.07) is 0. The van der Waals surface area contributed by atoms with Crippen molar-refractivity contribution in [2.75, 3.05) is 13.7 Å². The largest absolute Gasteiger partial charge is 0.469 e. The molecule has 0 atom stereocenters. The summed E-state index contributed by atoms with van der Waals surface area (Å²) in [6.45, 7) is 0.557. The van der Waals surface area contributed by atoms with Crippen LogP contribution in [0.15, 0.2) is 5.38 Å². The van der Waals surface area contributed by atoms with Gasteiger partial charge in [0.1, 0.15) is 10.7 Å². The molecule has 1 aromatic rings. The van der Waals surface area contributed by atoms with E-state index in [0.717, 1.165) is 0 Å². The molecule has 7 heteroatoms. The average Bonchev–Trinajstić information content (AvgIpc) is 2.77. The summed E-state index contributed by atoms with van der Waals surface area (Å²) >= 11 is 1.33. The van der Waals surface area contributed by atoms with Crippen LogP contribution < -0.4 is 11.1 Å². The van der Waals surface area contributed by atoms with Gasteiger partial charge in [-0.1, -0.05) is 0 Å². The average molecular weight is 243 g/mol. The molecule has 1 rings (SSSR count). The van der Waals surface area contributed by atoms with Crippen molar-refractivity contribution in [3.63, 3.8) is 0 Å². The Morgan fingerprint density at radius 1 is 1.62 bits per heavy atom. The van der Waals surface area contributed by atoms with E-state index in [4.69, 9.17) is 5.73 Å². The number of nitrogens with one attached hydrogen (secondary N) is 1. The highest BCUT2D eigenvalue weighted by Gasteiger charge is 2.10. The van der Waals surface area contributed by atoms with Gasteiger partial charge < -0.3 is 15.8 Å². The van der Waals surface area contributed by atoms with Crippen molar-refractivity contribution in [1.82, 2.24) is 10.3 Å². The number of nitrogens with zero attached hydrogens (tertiary/aromatic N) is 1. The molecule has 6 nitrogen and oxygen atoms in total. The van der Waals surface area contributed by atoms with Crippen LogP contribution in [-0.4, -0.2) is 30.5 Å². The van der Waals surface area contributed by atoms with Crippen LogP contribution in [0.3, 0.4) is 0 Å². The van der Waals surface area contributed by atoms with Crippen LogP contribution in [0.25, 0.3) is 0 Å². The van der Waals surface area contributed by atoms with Crippen LogP contribution in [0.2, 0.25) is 0 Å². The lowest BCUT2D eigenvalue weighted by Crippen LogP contribution is -2.26. The third kappa shape index (κ3) is 3.59. The van der Waals surface area contributed by atoms with Gasteiger partial charge in [-0.3, -0.25) is 9.59 Å². The van der Waals surface area contributed by atoms with Crippen LogP contribution >= 0.6 is 11.3 Å². The predicted molar refractivity (Wildman–Crippen MR) is 59.0 cm³/mol. The van der Waals surface area contributed by atoms with Gasteiger partial charge in [0, 0.05) is 18.5 Å². The normalized spacial score (nSPS) is 9.88. The van der Waals surface area contributed by atoms with Crippen LogP contribution in [-0.2, 0) is 16.1 Å². The molecule has 0 fully saturated rings. The number of hydrogen-bond acceptors (Lipinski definition) is 6. The Bertz CT molecular complexity index is 378. The van der Waals surface area contributed by atoms with Crippen LogP contribution in [0.5, 0.6) is 0 Å². The third-order valence-electron chi connectivity index (χ3n) is 1.80. The lowest BCUT2D eigenvalue weighted by atomic mass is 10.4. The van der Waals surface area contributed by atoms with Gasteiger partial charge in [0.2, 0.25) is 0 Å². The number of thiazole rings is 1. The fraction of sp³-hybridized carbons (Fsp3) is 0.444. The first kappa shape index (κ1) is 12.6. The SMILES string of the molecule is COC(=O)CCNC(=O)c1csc(CN)n1. The zero-order valence-electron chi connectivity index (χ0n) is 8.86. The summed E-state index contributed by atoms with van der Waals surface area (Å²) in [7, 11) is 1.30. The molecule has 88 valence electrons. The van der Waals surface area contributed by atoms with Gasteiger partial charge in [-0.15, -0.1) is 11.3 Å². The van der Waals surface area contributed by atoms with E-state index in [1.165, 1.54) is 18.4 Å². The van der Waals surface area contributed by atoms with Crippen molar-refractivity contribution in [1.29, 1.82) is 0 Å². The van der Waals surface area contributed by atoms with Crippen molar-refractivity contribution in [3.05, 3.63) is 16.1 Å². The Labute approximate surface area is 96.8 Å². The van der Waals surface area contributed by atoms with Gasteiger partial charge >= 0.3 is 5.97 Å². The van der Waals surface area contributed by atoms with Gasteiger partial charge in [0.15, 0.2) is 0 Å². The van der Waals surface area contributed by atoms with Crippen molar-refractivity contribution >= 4 is 23.2 Å². The van der Waals surface area contributed by atoms with Gasteiger partial charge in [-0.2, -0.15) is 0 Å². The zero-order valence-corrected chi connectivity index (χ0v) is 9.67. The minimum Gasteiger partial charge on any atom is -0.469 e. The second-order valence-corrected chi connectivity index (χ2v) is 3.86. The summed E-state index contributed by atoms with van der Waals surface area (Å²) in [6.07, 6.45) is 0.149. The highest BCUT2D eigenvalue weighted by atomic mass is 32.1. The molecule has 0 spiro atoms. The summed E-state index contributed by atoms with van der Waals surface area (Å²) < 4.78 is 4.44. The Morgan fingerprint density at radius 2 is 2.38 bits per heavy atom. The van der Waals surface area contributed by atoms with E-state index in [9.17, 15) is 9.59 Å². The van der Waals surface area contributed by atoms with E-state index in [2.05, 4.69) is 15.0 Å². The van der Waals surface area contributed by atoms with E-state index in [-0.39, 0.29) is 24.8 Å². The van der Waals surface area contributed by atoms with Gasteiger partial charge in [0.05, 0.1) is 13.5 Å². The number of amides is 1. The first-order valence-electron chi connectivity index (χ1n) is 4.67. The molecular formula is C9H13N3O3S. The standard InChI is InChI=1S/C9H13N3O3S/c1-15-8(13)2-3-11-9(14)6-5-16-7(4-10)12-6/h5H,2-4,10H2,1H3,(H,11,14). The summed E-state index contributed by atoms with van der Waals surface area (Å²) in [5.74, 6) is -0.666. The van der Waals surface area contributed by atoms with E-state index < -0.39 is 0 Å². The topological polar surface area (TPSA) is 94.3 Å². The number of nitrogens with two attached hydrogens (primary N) is 1. The van der Waals surface area contributed by atoms with Crippen molar-refractivity contribution in [3.8, 4) is 0 Å². The first-order chi connectivity index (χ1) is 7.67. The summed E-state index contributed by atoms with van der Waals surface area (Å²) in [5, 5.41) is 4.91. The third-order valence-corrected chi connectivity index (χ3v) is 2.67. The van der Waals surface area contributed by atoms with Crippen LogP contribution in [0, 0.1) is 0 Å². The molecule has 1 amide bonds. The number of ether oxygens (including phenoxy) is 1. The van der Waals surface area contributed by atoms with E-state index in [0.29, 0.717) is 17.2 Å². The molecule has 0 radical (unpaired) electrons. The van der Waals surface area contributed by atoms with Crippen LogP contribution in [0.1, 0.15) is 21.9 Å². The zero-order chi connectivity index (χ0) is 12.0. The van der Waals surface area contributed by atoms with Crippen molar-refractivity contribution in [2.24, 2.45) is 5.73 Å². The molecule has 16 heavy (non-hydrogen) atoms. The number of carbonyl (C=O) groups excluding carboxylic acids is 2. The van der Waals surface area contributed by atoms with E-state index in [1.54, 1.807) is 5.38 Å². The van der Waals surface area contributed by atoms with Gasteiger partial charge in [0.25, 0.3) is 5.91 Å². The molecule has 0 bridgehead atoms. The number of methoxy groups -OCH3 is 1. The lowest BCUT2D eigenvalue weighted by molar-refractivity contribution is -0.140. The Hall–Kier alpha value is -1.47. The number of carbonyl (C=O) groups is 2. The maximum absolute atomic E-state index is 11.5. The smallest absolute Gasteiger partial charge is 0.307 e. The molecule has 0 saturated carbocycles. The second-order valence-electron chi connectivity index (χ2n) is 2.91. The van der Waals surface area contributed by atoms with Gasteiger partial charge in [-0.25, -0.2) is 4.98 Å². The summed E-state index contributed by atoms with van der Waals surface area (Å²) in [4.78, 5) is 26.3. The number of hydrogen-bond donors (Lipinski definition) is 2. The fourth-order valence-electron chi connectivity index (χ4n) is 0.980. The highest BCUT2D eigenvalue weighted by Crippen LogP contribution is 2.08. The molecule has 0 aliphatic rings. The lowest BCUT2D eigenvalue weighted by Gasteiger charge is -2.01. The van der Waals surface area contributed by atoms with Gasteiger partial charge in [-0.05, 0) is 0 Å². The van der Waals surface area contributed by atoms with Crippen molar-refractivity contribution < 1.29 is 14.3 Å². The number of esters is 1. The minimum absolute atomic E-state index is 0.149. The monoisotopic (exact) mass is 243 g/mol. The molecule has 0 aromatic carbocycles. The molecule has 3 N–H and O–H groups in total. The molecule has 1 aromatic heterocycles. The quantitative estimate of drug-likeness (QED) is 0.704. The predicted octanol–water partition coefficient (Wildman–Crippen LogP) is -0.105. The minimum atomic E-state index is -0.360. The molecule has 0 saturated heterocycles. The Morgan fingerprint density at radius 3 is 2.94 bits per heavy atom. The molecule has 0 aliphatic heterocycles. The van der Waals surface area contributed by atoms with Crippen LogP contribution in [0.4, 0.5) is 0 Å². The number of aromatic nitrogens is 1. The first-order valence-corrected chi connectivity index (χ1v) is 5.54. The highest BCUT2D eigenvalue weighted by molar-refractivity contribution is 7.09. The molecule has 0 unspecified atom stereocenters. The molecular weight excluding hydrogens is 230 g/mol. The molecule has 0 aliphatic carbocycles. The Kier molecular flexibility index (Phi) is 4.87. The number of rotatable bonds is 5. The Balaban J connectivity index is 2.38. The molecule has 1 heterocycles. The van der Waals surface area contributed by atoms with E-state index >= 15 is 0 Å². The summed E-state index contributed by atoms with van der Waals surface area (Å²) in [5.41, 5.74) is 5.71. The van der Waals surface area contributed by atoms with Crippen molar-refractivity contribution in [2.45, 2.75) is 13.0 Å². The maximum Gasteiger partial charge on any atom is 0.307 e. The van der Waals surface area contributed by atoms with E-state index in [1.807, 2.05) is 0 Å².